The van der Waals surface area contributed by atoms with E-state index in [-0.39, 0.29) is 0 Å². The Morgan fingerprint density at radius 2 is 1.92 bits per heavy atom. The van der Waals surface area contributed by atoms with E-state index in [1.165, 1.54) is 17.4 Å². The Balaban J connectivity index is 2.23. The molecule has 1 heterocycles. The number of hydrogen-bond acceptors (Lipinski definition) is 2. The van der Waals surface area contributed by atoms with E-state index < -0.39 is 23.1 Å². The maximum absolute atomic E-state index is 13.8. The summed E-state index contributed by atoms with van der Waals surface area (Å²) in [4.78, 5) is 16.5. The molecule has 0 fully saturated rings. The van der Waals surface area contributed by atoms with Gasteiger partial charge in [-0.2, -0.15) is 4.99 Å². The largest absolute Gasteiger partial charge is 0.311 e. The molecule has 0 aliphatic carbocycles. The van der Waals surface area contributed by atoms with Gasteiger partial charge < -0.3 is 4.57 Å². The number of hydrogen-bond donors (Lipinski definition) is 0. The van der Waals surface area contributed by atoms with Crippen molar-refractivity contribution in [2.24, 2.45) is 4.99 Å². The molecule has 0 spiro atoms. The number of aromatic nitrogens is 1. The Morgan fingerprint density at radius 1 is 1.25 bits per heavy atom. The second-order valence-electron chi connectivity index (χ2n) is 4.88. The van der Waals surface area contributed by atoms with Crippen LogP contribution >= 0.6 is 22.9 Å². The number of nitrogens with zero attached hydrogens (tertiary/aromatic N) is 2. The summed E-state index contributed by atoms with van der Waals surface area (Å²) in [5.41, 5.74) is 0.0239. The van der Waals surface area contributed by atoms with Crippen LogP contribution in [-0.2, 0) is 6.54 Å². The van der Waals surface area contributed by atoms with Gasteiger partial charge in [0, 0.05) is 6.54 Å². The minimum Gasteiger partial charge on any atom is -0.311 e. The summed E-state index contributed by atoms with van der Waals surface area (Å²) >= 11 is 7.43. The molecule has 3 nitrogen and oxygen atoms in total. The highest BCUT2D eigenvalue weighted by Gasteiger charge is 2.17. The summed E-state index contributed by atoms with van der Waals surface area (Å²) in [6, 6.07) is 8.56. The summed E-state index contributed by atoms with van der Waals surface area (Å²) in [6.07, 6.45) is 1.63. The van der Waals surface area contributed by atoms with Crippen LogP contribution in [0, 0.1) is 11.6 Å². The fraction of sp³-hybridized carbons (Fsp3) is 0.0588. The van der Waals surface area contributed by atoms with Gasteiger partial charge in [-0.25, -0.2) is 8.78 Å². The molecule has 3 aromatic rings. The van der Waals surface area contributed by atoms with Gasteiger partial charge in [0.25, 0.3) is 5.91 Å². The maximum atomic E-state index is 13.8. The molecule has 2 aromatic carbocycles. The molecular formula is C17H11ClF2N2OS. The first-order valence-corrected chi connectivity index (χ1v) is 8.14. The van der Waals surface area contributed by atoms with Crippen LogP contribution in [-0.4, -0.2) is 10.5 Å². The lowest BCUT2D eigenvalue weighted by molar-refractivity contribution is 0.0990. The molecule has 0 aliphatic heterocycles. The number of benzene rings is 2. The Bertz CT molecular complexity index is 1000. The fourth-order valence-corrected chi connectivity index (χ4v) is 3.71. The zero-order valence-electron chi connectivity index (χ0n) is 12.3. The number of para-hydroxylation sites is 1. The van der Waals surface area contributed by atoms with Crippen molar-refractivity contribution in [1.29, 1.82) is 0 Å². The predicted molar refractivity (Wildman–Crippen MR) is 91.3 cm³/mol. The lowest BCUT2D eigenvalue weighted by Crippen LogP contribution is -2.17. The van der Waals surface area contributed by atoms with Crippen molar-refractivity contribution in [2.75, 3.05) is 0 Å². The monoisotopic (exact) mass is 364 g/mol. The summed E-state index contributed by atoms with van der Waals surface area (Å²) < 4.78 is 30.0. The Hall–Kier alpha value is -2.31. The molecule has 0 N–H and O–H groups in total. The molecule has 0 aliphatic rings. The van der Waals surface area contributed by atoms with Crippen molar-refractivity contribution in [2.45, 2.75) is 6.54 Å². The molecule has 0 saturated heterocycles. The Morgan fingerprint density at radius 3 is 2.58 bits per heavy atom. The van der Waals surface area contributed by atoms with Crippen molar-refractivity contribution in [3.8, 4) is 0 Å². The average molecular weight is 365 g/mol. The molecule has 0 bridgehead atoms. The van der Waals surface area contributed by atoms with Gasteiger partial charge in [0.2, 0.25) is 0 Å². The fourth-order valence-electron chi connectivity index (χ4n) is 2.32. The highest BCUT2D eigenvalue weighted by Crippen LogP contribution is 2.25. The van der Waals surface area contributed by atoms with Gasteiger partial charge in [0.15, 0.2) is 4.80 Å². The van der Waals surface area contributed by atoms with Crippen molar-refractivity contribution in [3.63, 3.8) is 0 Å². The number of fused-ring (bicyclic) bond motifs is 1. The molecule has 122 valence electrons. The predicted octanol–water partition coefficient (Wildman–Crippen LogP) is 4.56. The van der Waals surface area contributed by atoms with Gasteiger partial charge in [-0.1, -0.05) is 41.1 Å². The summed E-state index contributed by atoms with van der Waals surface area (Å²) in [5, 5.41) is 0.497. The van der Waals surface area contributed by atoms with Gasteiger partial charge >= 0.3 is 0 Å². The highest BCUT2D eigenvalue weighted by atomic mass is 35.5. The van der Waals surface area contributed by atoms with Crippen LogP contribution in [0.4, 0.5) is 8.78 Å². The van der Waals surface area contributed by atoms with Gasteiger partial charge in [0.1, 0.15) is 17.2 Å². The topological polar surface area (TPSA) is 34.4 Å². The van der Waals surface area contributed by atoms with E-state index in [1.807, 2.05) is 6.07 Å². The van der Waals surface area contributed by atoms with Crippen molar-refractivity contribution in [1.82, 2.24) is 4.57 Å². The van der Waals surface area contributed by atoms with Crippen molar-refractivity contribution < 1.29 is 13.6 Å². The molecule has 0 radical (unpaired) electrons. The summed E-state index contributed by atoms with van der Waals surface area (Å²) in [5.74, 6) is -2.87. The minimum atomic E-state index is -0.980. The van der Waals surface area contributed by atoms with E-state index in [0.29, 0.717) is 21.9 Å². The van der Waals surface area contributed by atoms with Crippen LogP contribution in [0.1, 0.15) is 10.4 Å². The van der Waals surface area contributed by atoms with E-state index in [9.17, 15) is 13.6 Å². The zero-order valence-corrected chi connectivity index (χ0v) is 13.9. The molecule has 0 atom stereocenters. The van der Waals surface area contributed by atoms with E-state index in [1.54, 1.807) is 22.8 Å². The van der Waals surface area contributed by atoms with Crippen molar-refractivity contribution >= 4 is 39.1 Å². The number of carbonyl (C=O) groups is 1. The zero-order chi connectivity index (χ0) is 17.3. The first-order valence-electron chi connectivity index (χ1n) is 6.94. The smallest absolute Gasteiger partial charge is 0.285 e. The lowest BCUT2D eigenvalue weighted by Gasteiger charge is -2.03. The summed E-state index contributed by atoms with van der Waals surface area (Å²) in [6.45, 7) is 4.03. The third kappa shape index (κ3) is 2.90. The van der Waals surface area contributed by atoms with E-state index in [2.05, 4.69) is 11.6 Å². The third-order valence-corrected chi connectivity index (χ3v) is 4.69. The number of rotatable bonds is 3. The number of allylic oxidation sites excluding steroid dienone is 1. The van der Waals surface area contributed by atoms with Gasteiger partial charge in [-0.05, 0) is 24.3 Å². The van der Waals surface area contributed by atoms with Gasteiger partial charge in [0.05, 0.1) is 15.2 Å². The SMILES string of the molecule is C=CCn1c(=NC(=O)c2c(F)cccc2F)sc2cccc(Cl)c21. The van der Waals surface area contributed by atoms with Crippen LogP contribution in [0.2, 0.25) is 5.02 Å². The van der Waals surface area contributed by atoms with Crippen LogP contribution in [0.15, 0.2) is 54.0 Å². The highest BCUT2D eigenvalue weighted by molar-refractivity contribution is 7.16. The van der Waals surface area contributed by atoms with Gasteiger partial charge in [-0.15, -0.1) is 6.58 Å². The quantitative estimate of drug-likeness (QED) is 0.627. The number of amides is 1. The van der Waals surface area contributed by atoms with Crippen LogP contribution < -0.4 is 4.80 Å². The van der Waals surface area contributed by atoms with Crippen LogP contribution in [0.3, 0.4) is 0 Å². The molecule has 24 heavy (non-hydrogen) atoms. The summed E-state index contributed by atoms with van der Waals surface area (Å²) in [7, 11) is 0. The molecular weight excluding hydrogens is 354 g/mol. The van der Waals surface area contributed by atoms with Crippen molar-refractivity contribution in [3.05, 3.63) is 76.1 Å². The number of halogens is 3. The molecule has 7 heteroatoms. The standard InChI is InChI=1S/C17H11ClF2N2OS/c1-2-9-22-15-10(18)5-3-8-13(15)24-17(22)21-16(23)14-11(19)6-4-7-12(14)20/h2-8H,1,9H2. The van der Waals surface area contributed by atoms with E-state index in [4.69, 9.17) is 11.6 Å². The Kier molecular flexibility index (Phi) is 4.59. The van der Waals surface area contributed by atoms with Crippen LogP contribution in [0.25, 0.3) is 10.2 Å². The second kappa shape index (κ2) is 6.67. The van der Waals surface area contributed by atoms with E-state index in [0.717, 1.165) is 16.8 Å². The molecule has 0 unspecified atom stereocenters. The Labute approximate surface area is 145 Å². The normalized spacial score (nSPS) is 11.9. The number of carbonyl (C=O) groups excluding carboxylic acids is 1. The molecule has 1 amide bonds. The molecule has 3 rings (SSSR count). The first kappa shape index (κ1) is 16.5. The maximum Gasteiger partial charge on any atom is 0.285 e. The third-order valence-electron chi connectivity index (χ3n) is 3.34. The average Bonchev–Trinajstić information content (AvgIpc) is 2.86. The van der Waals surface area contributed by atoms with Gasteiger partial charge in [-0.3, -0.25) is 4.79 Å². The molecule has 1 aromatic heterocycles. The number of thiazole rings is 1. The van der Waals surface area contributed by atoms with E-state index >= 15 is 0 Å². The minimum absolute atomic E-state index is 0.297. The molecule has 0 saturated carbocycles. The second-order valence-corrected chi connectivity index (χ2v) is 6.30. The van der Waals surface area contributed by atoms with Crippen LogP contribution in [0.5, 0.6) is 0 Å². The first-order chi connectivity index (χ1) is 11.5. The lowest BCUT2D eigenvalue weighted by atomic mass is 10.2.